The summed E-state index contributed by atoms with van der Waals surface area (Å²) in [7, 11) is 0. The molecule has 28 heavy (non-hydrogen) atoms. The molecule has 2 aromatic heterocycles. The molecule has 0 bridgehead atoms. The van der Waals surface area contributed by atoms with Crippen LogP contribution in [0.5, 0.6) is 0 Å². The summed E-state index contributed by atoms with van der Waals surface area (Å²) in [5, 5.41) is 13.1. The van der Waals surface area contributed by atoms with Crippen LogP contribution in [0.2, 0.25) is 0 Å². The Hall–Kier alpha value is -3.17. The summed E-state index contributed by atoms with van der Waals surface area (Å²) in [6.07, 6.45) is 4.54. The highest BCUT2D eigenvalue weighted by atomic mass is 16.7. The molecule has 1 atom stereocenters. The number of pyridine rings is 1. The fraction of sp³-hybridized carbons (Fsp3) is 0.316. The molecule has 4 heterocycles. The Morgan fingerprint density at radius 1 is 1.50 bits per heavy atom. The van der Waals surface area contributed by atoms with Gasteiger partial charge >= 0.3 is 5.97 Å². The van der Waals surface area contributed by atoms with Crippen LogP contribution in [-0.4, -0.2) is 51.9 Å². The second-order valence-corrected chi connectivity index (χ2v) is 6.92. The van der Waals surface area contributed by atoms with Gasteiger partial charge in [0.2, 0.25) is 11.7 Å². The van der Waals surface area contributed by atoms with Gasteiger partial charge in [0.05, 0.1) is 6.61 Å². The number of Topliss-reactive ketones (excluding diaryl/α,β-unsaturated/α-hetero) is 1. The van der Waals surface area contributed by atoms with Crippen LogP contribution in [0.1, 0.15) is 19.4 Å². The number of nitrogens with zero attached hydrogens (tertiary/aromatic N) is 1. The van der Waals surface area contributed by atoms with Crippen LogP contribution in [0.25, 0.3) is 17.1 Å². The van der Waals surface area contributed by atoms with Gasteiger partial charge in [-0.15, -0.1) is 0 Å². The smallest absolute Gasteiger partial charge is 0.345 e. The maximum Gasteiger partial charge on any atom is 0.345 e. The number of carboxylic acids is 1. The Morgan fingerprint density at radius 3 is 3.04 bits per heavy atom. The van der Waals surface area contributed by atoms with E-state index in [2.05, 4.69) is 15.3 Å². The molecule has 0 spiro atoms. The third kappa shape index (κ3) is 3.37. The summed E-state index contributed by atoms with van der Waals surface area (Å²) in [6.45, 7) is 4.19. The summed E-state index contributed by atoms with van der Waals surface area (Å²) >= 11 is 0. The van der Waals surface area contributed by atoms with Crippen LogP contribution in [0, 0.1) is 0 Å². The van der Waals surface area contributed by atoms with E-state index in [-0.39, 0.29) is 24.3 Å². The number of aromatic amines is 1. The van der Waals surface area contributed by atoms with Crippen molar-refractivity contribution in [2.75, 3.05) is 13.2 Å². The van der Waals surface area contributed by atoms with Crippen molar-refractivity contribution in [2.45, 2.75) is 25.7 Å². The zero-order chi connectivity index (χ0) is 19.9. The molecule has 2 aliphatic heterocycles. The van der Waals surface area contributed by atoms with Crippen LogP contribution < -0.4 is 5.32 Å². The van der Waals surface area contributed by atoms with E-state index in [1.54, 1.807) is 32.3 Å². The molecule has 2 aliphatic rings. The average molecular weight is 385 g/mol. The molecule has 1 unspecified atom stereocenters. The zero-order valence-electron chi connectivity index (χ0n) is 15.3. The Morgan fingerprint density at radius 2 is 2.32 bits per heavy atom. The predicted octanol–water partition coefficient (Wildman–Crippen LogP) is 1.54. The SMILES string of the molecule is CC1(C)OCC(CNC2=C(C(=O)O)C(=O)C(=Cc3c[nH]c4ncccc34)O2)O1. The van der Waals surface area contributed by atoms with E-state index >= 15 is 0 Å². The molecule has 0 saturated carbocycles. The molecule has 4 rings (SSSR count). The van der Waals surface area contributed by atoms with Crippen molar-refractivity contribution < 1.29 is 28.9 Å². The number of nitrogens with one attached hydrogen (secondary N) is 2. The van der Waals surface area contributed by atoms with Crippen molar-refractivity contribution in [1.82, 2.24) is 15.3 Å². The van der Waals surface area contributed by atoms with Crippen molar-refractivity contribution in [1.29, 1.82) is 0 Å². The minimum atomic E-state index is -1.36. The van der Waals surface area contributed by atoms with Crippen LogP contribution in [0.3, 0.4) is 0 Å². The fourth-order valence-corrected chi connectivity index (χ4v) is 3.16. The lowest BCUT2D eigenvalue weighted by Gasteiger charge is -2.17. The van der Waals surface area contributed by atoms with E-state index in [9.17, 15) is 14.7 Å². The molecular weight excluding hydrogens is 366 g/mol. The van der Waals surface area contributed by atoms with Gasteiger partial charge in [0, 0.05) is 29.9 Å². The highest BCUT2D eigenvalue weighted by molar-refractivity contribution is 6.26. The van der Waals surface area contributed by atoms with E-state index in [1.807, 2.05) is 6.07 Å². The zero-order valence-corrected chi connectivity index (χ0v) is 15.3. The molecule has 3 N–H and O–H groups in total. The minimum Gasteiger partial charge on any atom is -0.477 e. The molecule has 1 saturated heterocycles. The van der Waals surface area contributed by atoms with E-state index < -0.39 is 23.1 Å². The Kier molecular flexibility index (Phi) is 4.40. The number of aromatic nitrogens is 2. The average Bonchev–Trinajstić information content (AvgIpc) is 3.30. The number of hydrogen-bond donors (Lipinski definition) is 3. The Balaban J connectivity index is 1.55. The number of allylic oxidation sites excluding steroid dienone is 1. The molecule has 0 aliphatic carbocycles. The molecule has 146 valence electrons. The van der Waals surface area contributed by atoms with Crippen molar-refractivity contribution >= 4 is 28.9 Å². The summed E-state index contributed by atoms with van der Waals surface area (Å²) in [5.41, 5.74) is 0.889. The number of carbonyl (C=O) groups excluding carboxylic acids is 1. The van der Waals surface area contributed by atoms with Gasteiger partial charge in [0.25, 0.3) is 0 Å². The van der Waals surface area contributed by atoms with E-state index in [0.29, 0.717) is 17.8 Å². The fourth-order valence-electron chi connectivity index (χ4n) is 3.16. The van der Waals surface area contributed by atoms with Crippen LogP contribution >= 0.6 is 0 Å². The lowest BCUT2D eigenvalue weighted by molar-refractivity contribution is -0.138. The quantitative estimate of drug-likeness (QED) is 0.523. The van der Waals surface area contributed by atoms with Crippen molar-refractivity contribution in [3.05, 3.63) is 47.3 Å². The number of ketones is 1. The lowest BCUT2D eigenvalue weighted by Crippen LogP contribution is -2.31. The Labute approximate surface area is 160 Å². The number of aliphatic carboxylic acids is 1. The third-order valence-corrected chi connectivity index (χ3v) is 4.43. The maximum atomic E-state index is 12.6. The van der Waals surface area contributed by atoms with Gasteiger partial charge < -0.3 is 29.6 Å². The van der Waals surface area contributed by atoms with E-state index in [1.165, 1.54) is 6.08 Å². The van der Waals surface area contributed by atoms with Gasteiger partial charge in [-0.3, -0.25) is 4.79 Å². The first-order valence-corrected chi connectivity index (χ1v) is 8.73. The summed E-state index contributed by atoms with van der Waals surface area (Å²) in [5.74, 6) is -2.93. The largest absolute Gasteiger partial charge is 0.477 e. The molecular formula is C19H19N3O6. The summed E-state index contributed by atoms with van der Waals surface area (Å²) in [4.78, 5) is 31.3. The van der Waals surface area contributed by atoms with Gasteiger partial charge in [0.1, 0.15) is 11.8 Å². The molecule has 9 nitrogen and oxygen atoms in total. The van der Waals surface area contributed by atoms with Gasteiger partial charge in [-0.25, -0.2) is 9.78 Å². The second kappa shape index (κ2) is 6.77. The number of H-pyrrole nitrogens is 1. The number of fused-ring (bicyclic) bond motifs is 1. The first-order valence-electron chi connectivity index (χ1n) is 8.73. The third-order valence-electron chi connectivity index (χ3n) is 4.43. The first kappa shape index (κ1) is 18.2. The maximum absolute atomic E-state index is 12.6. The Bertz CT molecular complexity index is 1020. The van der Waals surface area contributed by atoms with Crippen LogP contribution in [0.4, 0.5) is 0 Å². The predicted molar refractivity (Wildman–Crippen MR) is 97.7 cm³/mol. The van der Waals surface area contributed by atoms with Crippen molar-refractivity contribution in [3.8, 4) is 0 Å². The summed E-state index contributed by atoms with van der Waals surface area (Å²) < 4.78 is 16.7. The summed E-state index contributed by atoms with van der Waals surface area (Å²) in [6, 6.07) is 3.61. The van der Waals surface area contributed by atoms with Crippen molar-refractivity contribution in [2.24, 2.45) is 0 Å². The second-order valence-electron chi connectivity index (χ2n) is 6.92. The molecule has 9 heteroatoms. The van der Waals surface area contributed by atoms with Gasteiger partial charge in [0.15, 0.2) is 17.1 Å². The lowest BCUT2D eigenvalue weighted by atomic mass is 10.1. The standard InChI is InChI=1S/C19H19N3O6/c1-19(2)26-9-11(28-19)8-22-17-14(18(24)25)15(23)13(27-17)6-10-7-21-16-12(10)4-3-5-20-16/h3-7,11,22H,8-9H2,1-2H3,(H,20,21)(H,24,25). The number of ether oxygens (including phenoxy) is 3. The normalized spacial score (nSPS) is 22.9. The van der Waals surface area contributed by atoms with Crippen LogP contribution in [0.15, 0.2) is 41.7 Å². The van der Waals surface area contributed by atoms with E-state index in [0.717, 1.165) is 5.39 Å². The number of rotatable bonds is 5. The molecule has 0 amide bonds. The first-order chi connectivity index (χ1) is 13.3. The molecule has 0 aromatic carbocycles. The van der Waals surface area contributed by atoms with Gasteiger partial charge in [-0.2, -0.15) is 0 Å². The van der Waals surface area contributed by atoms with Gasteiger partial charge in [-0.1, -0.05) is 0 Å². The molecule has 0 radical (unpaired) electrons. The number of carbonyl (C=O) groups is 2. The van der Waals surface area contributed by atoms with Crippen molar-refractivity contribution in [3.63, 3.8) is 0 Å². The van der Waals surface area contributed by atoms with Gasteiger partial charge in [-0.05, 0) is 32.1 Å². The highest BCUT2D eigenvalue weighted by Crippen LogP contribution is 2.28. The van der Waals surface area contributed by atoms with E-state index in [4.69, 9.17) is 14.2 Å². The highest BCUT2D eigenvalue weighted by Gasteiger charge is 2.37. The minimum absolute atomic E-state index is 0.0754. The monoisotopic (exact) mass is 385 g/mol. The topological polar surface area (TPSA) is 123 Å². The number of hydrogen-bond acceptors (Lipinski definition) is 7. The number of carboxylic acid groups (broad SMARTS) is 1. The van der Waals surface area contributed by atoms with Crippen LogP contribution in [-0.2, 0) is 23.8 Å². The molecule has 2 aromatic rings. The molecule has 1 fully saturated rings.